The van der Waals surface area contributed by atoms with Crippen LogP contribution >= 0.6 is 0 Å². The molecule has 0 N–H and O–H groups in total. The molecule has 1 aliphatic rings. The highest BCUT2D eigenvalue weighted by Gasteiger charge is 2.38. The van der Waals surface area contributed by atoms with E-state index in [0.29, 0.717) is 18.4 Å². The molecule has 2 nitrogen and oxygen atoms in total. The number of hydrogen-bond donors (Lipinski definition) is 0. The Morgan fingerprint density at radius 3 is 2.62 bits per heavy atom. The Labute approximate surface area is 96.6 Å². The normalized spacial score (nSPS) is 24.8. The third-order valence-corrected chi connectivity index (χ3v) is 3.39. The van der Waals surface area contributed by atoms with Gasteiger partial charge in [0.1, 0.15) is 0 Å². The van der Waals surface area contributed by atoms with Crippen molar-refractivity contribution in [2.45, 2.75) is 20.3 Å². The van der Waals surface area contributed by atoms with Gasteiger partial charge < -0.3 is 4.74 Å². The lowest BCUT2D eigenvalue weighted by Crippen LogP contribution is -2.22. The summed E-state index contributed by atoms with van der Waals surface area (Å²) in [5, 5.41) is 0. The summed E-state index contributed by atoms with van der Waals surface area (Å²) in [4.78, 5) is 11.7. The second kappa shape index (κ2) is 4.69. The van der Waals surface area contributed by atoms with Gasteiger partial charge in [0.05, 0.1) is 12.5 Å². The molecule has 1 aliphatic heterocycles. The van der Waals surface area contributed by atoms with Crippen molar-refractivity contribution in [1.29, 1.82) is 0 Å². The summed E-state index contributed by atoms with van der Waals surface area (Å²) in [6.07, 6.45) is 0.808. The number of rotatable bonds is 3. The van der Waals surface area contributed by atoms with Crippen molar-refractivity contribution in [3.05, 3.63) is 35.9 Å². The predicted octanol–water partition coefficient (Wildman–Crippen LogP) is 2.67. The smallest absolute Gasteiger partial charge is 0.309 e. The largest absolute Gasteiger partial charge is 0.465 e. The standard InChI is InChI=1S/C14H18O2/c1-10(2)13-9-16-14(15)12(13)8-11-6-4-3-5-7-11/h3-7,10,12-13H,8-9H2,1-2H3/t12-,13+/m1/s1. The van der Waals surface area contributed by atoms with E-state index in [1.165, 1.54) is 5.56 Å². The minimum atomic E-state index is -0.0254. The van der Waals surface area contributed by atoms with Crippen molar-refractivity contribution in [1.82, 2.24) is 0 Å². The van der Waals surface area contributed by atoms with Crippen LogP contribution in [0.4, 0.5) is 0 Å². The minimum absolute atomic E-state index is 0.0254. The van der Waals surface area contributed by atoms with Crippen LogP contribution in [0.1, 0.15) is 19.4 Å². The molecule has 1 saturated heterocycles. The first-order valence-electron chi connectivity index (χ1n) is 5.89. The molecule has 0 aromatic heterocycles. The van der Waals surface area contributed by atoms with Gasteiger partial charge in [-0.3, -0.25) is 4.79 Å². The van der Waals surface area contributed by atoms with Gasteiger partial charge in [0.15, 0.2) is 0 Å². The average molecular weight is 218 g/mol. The maximum atomic E-state index is 11.7. The lowest BCUT2D eigenvalue weighted by molar-refractivity contribution is -0.141. The third-order valence-electron chi connectivity index (χ3n) is 3.39. The summed E-state index contributed by atoms with van der Waals surface area (Å²) >= 11 is 0. The van der Waals surface area contributed by atoms with E-state index in [1.54, 1.807) is 0 Å². The molecule has 16 heavy (non-hydrogen) atoms. The Kier molecular flexibility index (Phi) is 3.28. The number of carbonyl (C=O) groups excluding carboxylic acids is 1. The molecule has 2 atom stereocenters. The number of carbonyl (C=O) groups is 1. The lowest BCUT2D eigenvalue weighted by atomic mass is 9.82. The van der Waals surface area contributed by atoms with E-state index in [1.807, 2.05) is 18.2 Å². The molecule has 2 rings (SSSR count). The van der Waals surface area contributed by atoms with Gasteiger partial charge in [0.25, 0.3) is 0 Å². The fourth-order valence-corrected chi connectivity index (χ4v) is 2.34. The Morgan fingerprint density at radius 2 is 2.00 bits per heavy atom. The molecule has 86 valence electrons. The van der Waals surface area contributed by atoms with E-state index in [-0.39, 0.29) is 11.9 Å². The molecule has 1 heterocycles. The molecular weight excluding hydrogens is 200 g/mol. The van der Waals surface area contributed by atoms with E-state index in [2.05, 4.69) is 26.0 Å². The van der Waals surface area contributed by atoms with Gasteiger partial charge in [-0.1, -0.05) is 44.2 Å². The molecule has 0 unspecified atom stereocenters. The summed E-state index contributed by atoms with van der Waals surface area (Å²) in [5.74, 6) is 0.887. The topological polar surface area (TPSA) is 26.3 Å². The van der Waals surface area contributed by atoms with Crippen molar-refractivity contribution in [2.24, 2.45) is 17.8 Å². The van der Waals surface area contributed by atoms with Crippen LogP contribution in [-0.4, -0.2) is 12.6 Å². The Morgan fingerprint density at radius 1 is 1.31 bits per heavy atom. The van der Waals surface area contributed by atoms with Crippen LogP contribution in [0.5, 0.6) is 0 Å². The van der Waals surface area contributed by atoms with Gasteiger partial charge in [-0.05, 0) is 17.9 Å². The van der Waals surface area contributed by atoms with Crippen LogP contribution in [0.2, 0.25) is 0 Å². The van der Waals surface area contributed by atoms with E-state index in [4.69, 9.17) is 4.74 Å². The predicted molar refractivity (Wildman–Crippen MR) is 62.9 cm³/mol. The SMILES string of the molecule is CC(C)[C@@H]1COC(=O)[C@@H]1Cc1ccccc1. The average Bonchev–Trinajstić information content (AvgIpc) is 2.62. The first-order valence-corrected chi connectivity index (χ1v) is 5.89. The number of esters is 1. The summed E-state index contributed by atoms with van der Waals surface area (Å²) in [6.45, 7) is 4.91. The number of benzene rings is 1. The highest BCUT2D eigenvalue weighted by Crippen LogP contribution is 2.31. The number of hydrogen-bond acceptors (Lipinski definition) is 2. The van der Waals surface area contributed by atoms with E-state index >= 15 is 0 Å². The van der Waals surface area contributed by atoms with Gasteiger partial charge in [0.2, 0.25) is 0 Å². The van der Waals surface area contributed by atoms with Crippen LogP contribution in [-0.2, 0) is 16.0 Å². The Bertz CT molecular complexity index is 356. The van der Waals surface area contributed by atoms with E-state index in [0.717, 1.165) is 6.42 Å². The van der Waals surface area contributed by atoms with Crippen molar-refractivity contribution < 1.29 is 9.53 Å². The summed E-state index contributed by atoms with van der Waals surface area (Å²) in [7, 11) is 0. The molecule has 0 aliphatic carbocycles. The molecule has 1 fully saturated rings. The lowest BCUT2D eigenvalue weighted by Gasteiger charge is -2.18. The van der Waals surface area contributed by atoms with Crippen molar-refractivity contribution in [3.63, 3.8) is 0 Å². The third kappa shape index (κ3) is 2.26. The van der Waals surface area contributed by atoms with Crippen molar-refractivity contribution >= 4 is 5.97 Å². The second-order valence-electron chi connectivity index (χ2n) is 4.83. The molecule has 1 aromatic rings. The fraction of sp³-hybridized carbons (Fsp3) is 0.500. The molecule has 0 bridgehead atoms. The molecule has 1 aromatic carbocycles. The van der Waals surface area contributed by atoms with Crippen LogP contribution in [0.25, 0.3) is 0 Å². The van der Waals surface area contributed by atoms with Crippen LogP contribution in [0.15, 0.2) is 30.3 Å². The van der Waals surface area contributed by atoms with Gasteiger partial charge in [-0.25, -0.2) is 0 Å². The van der Waals surface area contributed by atoms with Crippen molar-refractivity contribution in [2.75, 3.05) is 6.61 Å². The van der Waals surface area contributed by atoms with Gasteiger partial charge in [-0.15, -0.1) is 0 Å². The van der Waals surface area contributed by atoms with Crippen LogP contribution in [0, 0.1) is 17.8 Å². The van der Waals surface area contributed by atoms with Gasteiger partial charge in [-0.2, -0.15) is 0 Å². The maximum absolute atomic E-state index is 11.7. The monoisotopic (exact) mass is 218 g/mol. The summed E-state index contributed by atoms with van der Waals surface area (Å²) in [5.41, 5.74) is 1.22. The van der Waals surface area contributed by atoms with Gasteiger partial charge >= 0.3 is 5.97 Å². The molecular formula is C14H18O2. The van der Waals surface area contributed by atoms with E-state index in [9.17, 15) is 4.79 Å². The van der Waals surface area contributed by atoms with Crippen molar-refractivity contribution in [3.8, 4) is 0 Å². The first kappa shape index (κ1) is 11.2. The summed E-state index contributed by atoms with van der Waals surface area (Å²) in [6, 6.07) is 10.2. The number of cyclic esters (lactones) is 1. The van der Waals surface area contributed by atoms with Crippen LogP contribution < -0.4 is 0 Å². The van der Waals surface area contributed by atoms with Gasteiger partial charge in [0, 0.05) is 5.92 Å². The molecule has 2 heteroatoms. The highest BCUT2D eigenvalue weighted by atomic mass is 16.5. The zero-order chi connectivity index (χ0) is 11.5. The van der Waals surface area contributed by atoms with Crippen LogP contribution in [0.3, 0.4) is 0 Å². The first-order chi connectivity index (χ1) is 7.68. The zero-order valence-electron chi connectivity index (χ0n) is 9.85. The molecule has 0 saturated carbocycles. The second-order valence-corrected chi connectivity index (χ2v) is 4.83. The molecule has 0 amide bonds. The maximum Gasteiger partial charge on any atom is 0.309 e. The Balaban J connectivity index is 2.10. The fourth-order valence-electron chi connectivity index (χ4n) is 2.34. The number of ether oxygens (including phenoxy) is 1. The Hall–Kier alpha value is -1.31. The molecule has 0 radical (unpaired) electrons. The summed E-state index contributed by atoms with van der Waals surface area (Å²) < 4.78 is 5.17. The minimum Gasteiger partial charge on any atom is -0.465 e. The highest BCUT2D eigenvalue weighted by molar-refractivity contribution is 5.75. The van der Waals surface area contributed by atoms with E-state index < -0.39 is 0 Å². The zero-order valence-corrected chi connectivity index (χ0v) is 9.85. The quantitative estimate of drug-likeness (QED) is 0.729. The molecule has 0 spiro atoms.